The molecule has 8 nitrogen and oxygen atoms in total. The summed E-state index contributed by atoms with van der Waals surface area (Å²) in [5.74, 6) is 2.65. The van der Waals surface area contributed by atoms with Gasteiger partial charge in [0, 0.05) is 28.0 Å². The fourth-order valence-corrected chi connectivity index (χ4v) is 7.72. The third-order valence-electron chi connectivity index (χ3n) is 10.2. The average molecular weight is 751 g/mol. The zero-order chi connectivity index (χ0) is 39.3. The third kappa shape index (κ3) is 12.5. The Labute approximate surface area is 322 Å². The van der Waals surface area contributed by atoms with Gasteiger partial charge in [0.25, 0.3) is 10.0 Å². The summed E-state index contributed by atoms with van der Waals surface area (Å²) in [6.07, 6.45) is 15.8. The first kappa shape index (κ1) is 42.1. The number of aromatic nitrogens is 2. The molecule has 1 aliphatic carbocycles. The van der Waals surface area contributed by atoms with Crippen molar-refractivity contribution in [2.24, 2.45) is 17.8 Å². The van der Waals surface area contributed by atoms with Crippen molar-refractivity contribution in [1.29, 1.82) is 0 Å². The largest absolute Gasteiger partial charge is 0.399 e. The number of sulfonamides is 1. The van der Waals surface area contributed by atoms with Gasteiger partial charge in [-0.2, -0.15) is 0 Å². The molecule has 0 spiro atoms. The highest BCUT2D eigenvalue weighted by Gasteiger charge is 2.28. The summed E-state index contributed by atoms with van der Waals surface area (Å²) >= 11 is 0. The van der Waals surface area contributed by atoms with Crippen LogP contribution in [0.15, 0.2) is 107 Å². The molecule has 5 rings (SSSR count). The number of allylic oxidation sites excluding steroid dienone is 4. The second kappa shape index (κ2) is 20.2. The van der Waals surface area contributed by atoms with Crippen LogP contribution in [-0.4, -0.2) is 30.0 Å². The van der Waals surface area contributed by atoms with Crippen LogP contribution < -0.4 is 10.5 Å². The van der Waals surface area contributed by atoms with Gasteiger partial charge in [-0.3, -0.25) is 19.3 Å². The van der Waals surface area contributed by atoms with E-state index in [1.165, 1.54) is 87.4 Å². The Morgan fingerprint density at radius 1 is 0.759 bits per heavy atom. The molecule has 0 amide bonds. The number of nitrogens with one attached hydrogen (secondary N) is 1. The lowest BCUT2D eigenvalue weighted by Gasteiger charge is -2.18. The number of anilines is 2. The van der Waals surface area contributed by atoms with Crippen molar-refractivity contribution in [3.8, 4) is 0 Å². The highest BCUT2D eigenvalue weighted by atomic mass is 32.2. The van der Waals surface area contributed by atoms with E-state index < -0.39 is 10.0 Å². The molecule has 2 unspecified atom stereocenters. The maximum Gasteiger partial charge on any atom is 0.263 e. The molecular weight excluding hydrogens is 693 g/mol. The van der Waals surface area contributed by atoms with E-state index >= 15 is 0 Å². The third-order valence-corrected chi connectivity index (χ3v) is 11.5. The van der Waals surface area contributed by atoms with E-state index in [2.05, 4.69) is 55.4 Å². The summed E-state index contributed by atoms with van der Waals surface area (Å²) < 4.78 is 26.9. The Bertz CT molecular complexity index is 2050. The van der Waals surface area contributed by atoms with Crippen LogP contribution in [0.3, 0.4) is 0 Å². The second-order valence-electron chi connectivity index (χ2n) is 15.3. The van der Waals surface area contributed by atoms with Gasteiger partial charge in [0.05, 0.1) is 22.1 Å². The molecule has 0 aliphatic heterocycles. The number of carbonyl (C=O) groups excluding carboxylic acids is 2. The number of nitrogen functional groups attached to an aromatic ring is 1. The molecular formula is C45H58N4O4S. The molecule has 54 heavy (non-hydrogen) atoms. The number of hydrogen-bond acceptors (Lipinski definition) is 7. The van der Waals surface area contributed by atoms with Crippen LogP contribution in [0.4, 0.5) is 11.5 Å². The van der Waals surface area contributed by atoms with E-state index in [1.54, 1.807) is 31.2 Å². The Kier molecular flexibility index (Phi) is 15.7. The summed E-state index contributed by atoms with van der Waals surface area (Å²) in [7, 11) is -3.71. The fourth-order valence-electron chi connectivity index (χ4n) is 6.73. The van der Waals surface area contributed by atoms with Gasteiger partial charge in [0.2, 0.25) is 0 Å². The molecule has 9 heteroatoms. The van der Waals surface area contributed by atoms with Gasteiger partial charge in [-0.05, 0) is 87.3 Å². The van der Waals surface area contributed by atoms with Crippen LogP contribution in [-0.2, 0) is 10.0 Å². The van der Waals surface area contributed by atoms with Crippen LogP contribution in [0.1, 0.15) is 126 Å². The minimum absolute atomic E-state index is 0.00526. The minimum atomic E-state index is -3.71. The number of ketones is 2. The average Bonchev–Trinajstić information content (AvgIpc) is 3.14. The zero-order valence-corrected chi connectivity index (χ0v) is 33.7. The maximum atomic E-state index is 12.9. The number of benzene rings is 3. The highest BCUT2D eigenvalue weighted by Crippen LogP contribution is 2.29. The number of para-hydroxylation sites is 2. The Hall–Kier alpha value is -4.63. The predicted octanol–water partition coefficient (Wildman–Crippen LogP) is 11.2. The Balaban J connectivity index is 0.000000264. The van der Waals surface area contributed by atoms with Crippen LogP contribution in [0.2, 0.25) is 0 Å². The van der Waals surface area contributed by atoms with E-state index in [0.29, 0.717) is 45.4 Å². The Morgan fingerprint density at radius 2 is 1.31 bits per heavy atom. The normalized spacial score (nSPS) is 14.5. The van der Waals surface area contributed by atoms with E-state index in [4.69, 9.17) is 5.73 Å². The number of nitrogens with zero attached hydrogens (tertiary/aromatic N) is 2. The van der Waals surface area contributed by atoms with Crippen molar-refractivity contribution in [2.45, 2.75) is 111 Å². The maximum absolute atomic E-state index is 12.9. The van der Waals surface area contributed by atoms with E-state index in [1.807, 2.05) is 24.3 Å². The first-order chi connectivity index (χ1) is 25.7. The molecule has 1 aromatic heterocycles. The van der Waals surface area contributed by atoms with Gasteiger partial charge in [0.15, 0.2) is 17.4 Å². The van der Waals surface area contributed by atoms with Crippen LogP contribution in [0.5, 0.6) is 0 Å². The molecule has 0 radical (unpaired) electrons. The molecule has 1 aliphatic rings. The second-order valence-corrected chi connectivity index (χ2v) is 17.0. The molecule has 1 heterocycles. The van der Waals surface area contributed by atoms with Crippen molar-refractivity contribution in [1.82, 2.24) is 9.97 Å². The summed E-state index contributed by atoms with van der Waals surface area (Å²) in [5, 5.41) is 0. The molecule has 0 fully saturated rings. The Morgan fingerprint density at radius 3 is 1.94 bits per heavy atom. The molecule has 288 valence electrons. The first-order valence-electron chi connectivity index (χ1n) is 19.4. The predicted molar refractivity (Wildman–Crippen MR) is 222 cm³/mol. The van der Waals surface area contributed by atoms with Gasteiger partial charge >= 0.3 is 0 Å². The summed E-state index contributed by atoms with van der Waals surface area (Å²) in [6.45, 7) is 13.4. The summed E-state index contributed by atoms with van der Waals surface area (Å²) in [4.78, 5) is 34.0. The lowest BCUT2D eigenvalue weighted by Crippen LogP contribution is -2.20. The van der Waals surface area contributed by atoms with E-state index in [9.17, 15) is 18.0 Å². The van der Waals surface area contributed by atoms with Crippen LogP contribution in [0.25, 0.3) is 11.0 Å². The number of rotatable bonds is 17. The zero-order valence-electron chi connectivity index (χ0n) is 32.9. The van der Waals surface area contributed by atoms with Crippen molar-refractivity contribution in [3.05, 3.63) is 113 Å². The topological polar surface area (TPSA) is 132 Å². The first-order valence-corrected chi connectivity index (χ1v) is 20.9. The lowest BCUT2D eigenvalue weighted by molar-refractivity contribution is 0.0973. The van der Waals surface area contributed by atoms with Gasteiger partial charge in [-0.15, -0.1) is 0 Å². The lowest BCUT2D eigenvalue weighted by atomic mass is 9.83. The molecule has 3 aromatic carbocycles. The van der Waals surface area contributed by atoms with Gasteiger partial charge in [-0.1, -0.05) is 121 Å². The van der Waals surface area contributed by atoms with Crippen LogP contribution in [0, 0.1) is 17.8 Å². The molecule has 3 N–H and O–H groups in total. The monoisotopic (exact) mass is 750 g/mol. The van der Waals surface area contributed by atoms with Crippen LogP contribution >= 0.6 is 0 Å². The number of Topliss-reactive ketones (excluding diaryl/α,β-unsaturated/α-hetero) is 2. The SMILES string of the molecule is CC1=C(C/C=C(\C)CCCC(C)CCCC(C)CCCC(C)C)C(=O)c2ccccc2C1=O.Nc1ccc(S(=O)(=O)Nc2cnc3ccccc3n2)cc1. The highest BCUT2D eigenvalue weighted by molar-refractivity contribution is 7.92. The number of carbonyl (C=O) groups is 2. The van der Waals surface area contributed by atoms with E-state index in [0.717, 1.165) is 24.2 Å². The van der Waals surface area contributed by atoms with Gasteiger partial charge in [0.1, 0.15) is 0 Å². The standard InChI is InChI=1S/C31H46O2.C14H12N4O2S/c1-22(2)12-9-13-23(3)14-10-15-24(4)16-11-17-25(5)20-21-27-26(6)30(32)28-18-7-8-19-29(28)31(27)33;15-10-5-7-11(8-6-10)21(19,20)18-14-9-16-12-3-1-2-4-13(12)17-14/h7-8,18-20,22-24H,9-17,21H2,1-6H3;1-9H,15H2,(H,17,18)/b25-20+;. The molecule has 4 aromatic rings. The van der Waals surface area contributed by atoms with Crippen molar-refractivity contribution in [2.75, 3.05) is 10.5 Å². The van der Waals surface area contributed by atoms with Crippen molar-refractivity contribution >= 4 is 44.1 Å². The van der Waals surface area contributed by atoms with Crippen molar-refractivity contribution < 1.29 is 18.0 Å². The minimum Gasteiger partial charge on any atom is -0.399 e. The molecule has 0 saturated carbocycles. The smallest absolute Gasteiger partial charge is 0.263 e. The molecule has 0 bridgehead atoms. The molecule has 0 saturated heterocycles. The van der Waals surface area contributed by atoms with Crippen molar-refractivity contribution in [3.63, 3.8) is 0 Å². The fraction of sp³-hybridized carbons (Fsp3) is 0.422. The summed E-state index contributed by atoms with van der Waals surface area (Å²) in [6, 6.07) is 20.3. The number of nitrogens with two attached hydrogens (primary N) is 1. The quantitative estimate of drug-likeness (QED) is 0.0811. The van der Waals surface area contributed by atoms with E-state index in [-0.39, 0.29) is 22.3 Å². The molecule has 2 atom stereocenters. The number of hydrogen-bond donors (Lipinski definition) is 2. The van der Waals surface area contributed by atoms with Gasteiger partial charge in [-0.25, -0.2) is 13.4 Å². The van der Waals surface area contributed by atoms with Gasteiger partial charge < -0.3 is 5.73 Å². The summed E-state index contributed by atoms with van der Waals surface area (Å²) in [5.41, 5.74) is 11.1. The number of fused-ring (bicyclic) bond motifs is 2.